The van der Waals surface area contributed by atoms with Gasteiger partial charge in [-0.3, -0.25) is 4.79 Å². The van der Waals surface area contributed by atoms with Gasteiger partial charge in [0.25, 0.3) is 5.91 Å². The van der Waals surface area contributed by atoms with Gasteiger partial charge in [-0.1, -0.05) is 53.4 Å². The number of amides is 1. The quantitative estimate of drug-likeness (QED) is 0.341. The van der Waals surface area contributed by atoms with Crippen molar-refractivity contribution in [2.45, 2.75) is 48.2 Å². The third kappa shape index (κ3) is 5.95. The van der Waals surface area contributed by atoms with Crippen molar-refractivity contribution < 1.29 is 20.0 Å². The third-order valence-corrected chi connectivity index (χ3v) is 6.26. The lowest BCUT2D eigenvalue weighted by Gasteiger charge is -2.44. The number of carbonyl (C=O) groups excluding carboxylic acids is 1. The number of quaternary nitrogens is 1. The van der Waals surface area contributed by atoms with E-state index in [1.165, 1.54) is 25.0 Å². The minimum Gasteiger partial charge on any atom is -0.595 e. The maximum absolute atomic E-state index is 12.7. The molecular weight excluding hydrogens is 441 g/mol. The summed E-state index contributed by atoms with van der Waals surface area (Å²) >= 11 is 18.2. The van der Waals surface area contributed by atoms with Crippen LogP contribution < -0.4 is 10.5 Å². The Kier molecular flexibility index (Phi) is 8.03. The molecule has 0 aliphatic carbocycles. The summed E-state index contributed by atoms with van der Waals surface area (Å²) < 4.78 is 3.99. The molecule has 1 aromatic rings. The normalized spacial score (nSPS) is 25.1. The zero-order chi connectivity index (χ0) is 21.0. The Labute approximate surface area is 185 Å². The lowest BCUT2D eigenvalue weighted by atomic mass is 9.84. The summed E-state index contributed by atoms with van der Waals surface area (Å²) in [6.07, 6.45) is 4.49. The van der Waals surface area contributed by atoms with Gasteiger partial charge < -0.3 is 20.2 Å². The molecule has 1 amide bonds. The van der Waals surface area contributed by atoms with E-state index in [1.807, 2.05) is 0 Å². The van der Waals surface area contributed by atoms with Crippen molar-refractivity contribution in [3.63, 3.8) is 0 Å². The molecule has 0 spiro atoms. The molecule has 2 aliphatic heterocycles. The van der Waals surface area contributed by atoms with Crippen molar-refractivity contribution in [3.05, 3.63) is 35.0 Å². The van der Waals surface area contributed by atoms with Crippen molar-refractivity contribution in [3.8, 4) is 0 Å². The summed E-state index contributed by atoms with van der Waals surface area (Å²) in [5.41, 5.74) is -0.142. The van der Waals surface area contributed by atoms with E-state index in [1.54, 1.807) is 12.1 Å². The number of para-hydroxylation sites is 1. The number of ether oxygens (including phenoxy) is 1. The summed E-state index contributed by atoms with van der Waals surface area (Å²) in [7, 11) is 0. The second kappa shape index (κ2) is 10.1. The van der Waals surface area contributed by atoms with E-state index in [0.717, 1.165) is 32.4 Å². The summed E-state index contributed by atoms with van der Waals surface area (Å²) in [6, 6.07) is 6.34. The molecule has 2 fully saturated rings. The summed E-state index contributed by atoms with van der Waals surface area (Å²) in [5, 5.41) is 22.0. The number of halogens is 3. The van der Waals surface area contributed by atoms with Crippen molar-refractivity contribution in [1.29, 1.82) is 0 Å². The van der Waals surface area contributed by atoms with E-state index in [4.69, 9.17) is 39.5 Å². The minimum atomic E-state index is -1.89. The molecule has 29 heavy (non-hydrogen) atoms. The SMILES string of the molecule is O=C(N[C@@H](OC[C@H]1CCCN2CCCC[C@H]12)C(Cl)(Cl)Cl)c1ccccc1[NH+]([O-])O. The average molecular weight is 467 g/mol. The van der Waals surface area contributed by atoms with Gasteiger partial charge in [0.05, 0.1) is 6.61 Å². The van der Waals surface area contributed by atoms with E-state index in [2.05, 4.69) is 10.2 Å². The van der Waals surface area contributed by atoms with Crippen LogP contribution in [-0.2, 0) is 4.74 Å². The highest BCUT2D eigenvalue weighted by molar-refractivity contribution is 6.68. The van der Waals surface area contributed by atoms with Gasteiger partial charge in [-0.2, -0.15) is 5.23 Å². The summed E-state index contributed by atoms with van der Waals surface area (Å²) in [4.78, 5) is 15.2. The number of hydrogen-bond donors (Lipinski definition) is 3. The molecule has 4 atom stereocenters. The Hall–Kier alpha value is -0.640. The first-order chi connectivity index (χ1) is 13.8. The van der Waals surface area contributed by atoms with Crippen LogP contribution in [0.2, 0.25) is 0 Å². The Morgan fingerprint density at radius 1 is 1.28 bits per heavy atom. The second-order valence-corrected chi connectivity index (χ2v) is 9.95. The van der Waals surface area contributed by atoms with Gasteiger partial charge in [-0.15, -0.1) is 0 Å². The van der Waals surface area contributed by atoms with E-state index >= 15 is 0 Å². The molecule has 1 unspecified atom stereocenters. The van der Waals surface area contributed by atoms with Crippen LogP contribution in [0.5, 0.6) is 0 Å². The fourth-order valence-electron chi connectivity index (χ4n) is 4.27. The monoisotopic (exact) mass is 465 g/mol. The van der Waals surface area contributed by atoms with Crippen molar-refractivity contribution in [1.82, 2.24) is 10.2 Å². The molecule has 3 N–H and O–H groups in total. The van der Waals surface area contributed by atoms with Crippen LogP contribution in [0.4, 0.5) is 5.69 Å². The number of rotatable bonds is 6. The van der Waals surface area contributed by atoms with E-state index < -0.39 is 21.2 Å². The Balaban J connectivity index is 1.67. The smallest absolute Gasteiger partial charge is 0.259 e. The molecule has 10 heteroatoms. The fraction of sp³-hybridized carbons (Fsp3) is 0.632. The van der Waals surface area contributed by atoms with Gasteiger partial charge in [0.15, 0.2) is 11.9 Å². The lowest BCUT2D eigenvalue weighted by molar-refractivity contribution is -0.991. The number of benzene rings is 1. The topological polar surface area (TPSA) is 89.3 Å². The van der Waals surface area contributed by atoms with Crippen LogP contribution in [0.25, 0.3) is 0 Å². The minimum absolute atomic E-state index is 0.0148. The summed E-state index contributed by atoms with van der Waals surface area (Å²) in [6.45, 7) is 2.58. The zero-order valence-corrected chi connectivity index (χ0v) is 18.2. The van der Waals surface area contributed by atoms with Gasteiger partial charge in [0.2, 0.25) is 3.79 Å². The molecule has 0 bridgehead atoms. The molecule has 3 rings (SSSR count). The number of nitrogens with one attached hydrogen (secondary N) is 2. The van der Waals surface area contributed by atoms with Crippen molar-refractivity contribution in [2.24, 2.45) is 5.92 Å². The van der Waals surface area contributed by atoms with Gasteiger partial charge >= 0.3 is 0 Å². The van der Waals surface area contributed by atoms with Crippen LogP contribution in [0.15, 0.2) is 24.3 Å². The predicted molar refractivity (Wildman–Crippen MR) is 112 cm³/mol. The first kappa shape index (κ1) is 23.0. The van der Waals surface area contributed by atoms with Crippen molar-refractivity contribution >= 4 is 46.4 Å². The van der Waals surface area contributed by atoms with Crippen molar-refractivity contribution in [2.75, 3.05) is 19.7 Å². The standard InChI is InChI=1S/C19H26Cl3N3O4/c20-19(21,22)18(23-17(26)14-7-1-2-9-16(14)25(27)28)29-12-13-6-5-11-24-10-4-3-8-15(13)24/h1-2,7,9,13,15,18,25,27H,3-6,8,10-12H2,(H,23,26)/t13-,15-,18+/m1/s1. The first-order valence-corrected chi connectivity index (χ1v) is 11.0. The van der Waals surface area contributed by atoms with E-state index in [-0.39, 0.29) is 11.3 Å². The molecular formula is C19H26Cl3N3O4. The number of alkyl halides is 3. The molecule has 2 aliphatic rings. The first-order valence-electron chi connectivity index (χ1n) is 9.83. The Bertz CT molecular complexity index is 700. The lowest BCUT2D eigenvalue weighted by Crippen LogP contribution is -2.99. The van der Waals surface area contributed by atoms with Crippen LogP contribution >= 0.6 is 34.8 Å². The van der Waals surface area contributed by atoms with Crippen LogP contribution in [0.3, 0.4) is 0 Å². The van der Waals surface area contributed by atoms with Gasteiger partial charge in [0, 0.05) is 12.1 Å². The molecule has 0 saturated carbocycles. The summed E-state index contributed by atoms with van der Waals surface area (Å²) in [5.74, 6) is -0.357. The van der Waals surface area contributed by atoms with Crippen LogP contribution in [0.1, 0.15) is 42.5 Å². The van der Waals surface area contributed by atoms with E-state index in [0.29, 0.717) is 18.6 Å². The predicted octanol–water partition coefficient (Wildman–Crippen LogP) is 2.80. The molecule has 162 valence electrons. The fourth-order valence-corrected chi connectivity index (χ4v) is 4.63. The molecule has 0 aromatic heterocycles. The van der Waals surface area contributed by atoms with Gasteiger partial charge in [-0.25, -0.2) is 5.21 Å². The van der Waals surface area contributed by atoms with Gasteiger partial charge in [0.1, 0.15) is 5.56 Å². The second-order valence-electron chi connectivity index (χ2n) is 7.58. The molecule has 7 nitrogen and oxygen atoms in total. The number of hydrogen-bond acceptors (Lipinski definition) is 5. The maximum Gasteiger partial charge on any atom is 0.259 e. The number of nitrogens with zero attached hydrogens (tertiary/aromatic N) is 1. The maximum atomic E-state index is 12.7. The Morgan fingerprint density at radius 3 is 2.72 bits per heavy atom. The number of fused-ring (bicyclic) bond motifs is 1. The van der Waals surface area contributed by atoms with Crippen LogP contribution in [-0.4, -0.2) is 51.8 Å². The largest absolute Gasteiger partial charge is 0.595 e. The molecule has 2 heterocycles. The zero-order valence-electron chi connectivity index (χ0n) is 16.0. The highest BCUT2D eigenvalue weighted by Crippen LogP contribution is 2.34. The highest BCUT2D eigenvalue weighted by atomic mass is 35.6. The van der Waals surface area contributed by atoms with Crippen LogP contribution in [0, 0.1) is 11.1 Å². The number of piperidine rings is 2. The van der Waals surface area contributed by atoms with E-state index in [9.17, 15) is 15.2 Å². The van der Waals surface area contributed by atoms with Gasteiger partial charge in [-0.05, 0) is 50.8 Å². The Morgan fingerprint density at radius 2 is 2.00 bits per heavy atom. The molecule has 2 saturated heterocycles. The number of carbonyl (C=O) groups is 1. The molecule has 0 radical (unpaired) electrons. The molecule has 1 aromatic carbocycles. The highest BCUT2D eigenvalue weighted by Gasteiger charge is 2.38. The average Bonchev–Trinajstić information content (AvgIpc) is 2.70. The third-order valence-electron chi connectivity index (χ3n) is 5.67.